The summed E-state index contributed by atoms with van der Waals surface area (Å²) < 4.78 is 10.7. The molecule has 1 N–H and O–H groups in total. The lowest BCUT2D eigenvalue weighted by Gasteiger charge is -2.31. The highest BCUT2D eigenvalue weighted by molar-refractivity contribution is 5.87. The molecule has 0 aliphatic heterocycles. The molecule has 0 aliphatic rings. The third-order valence-corrected chi connectivity index (χ3v) is 5.37. The molecule has 0 heterocycles. The number of carbonyl (C=O) groups excluding carboxylic acids is 2. The van der Waals surface area contributed by atoms with Gasteiger partial charge in [-0.25, -0.2) is 0 Å². The molecule has 2 aromatic rings. The number of carbonyl (C=O) groups is 2. The maximum atomic E-state index is 13.3. The topological polar surface area (TPSA) is 67.9 Å². The molecular weight excluding hydrogens is 404 g/mol. The van der Waals surface area contributed by atoms with Gasteiger partial charge < -0.3 is 19.7 Å². The van der Waals surface area contributed by atoms with Crippen molar-refractivity contribution in [1.29, 1.82) is 0 Å². The predicted octanol–water partition coefficient (Wildman–Crippen LogP) is 4.28. The van der Waals surface area contributed by atoms with Crippen LogP contribution in [-0.2, 0) is 22.6 Å². The molecule has 0 aliphatic carbocycles. The van der Waals surface area contributed by atoms with Crippen molar-refractivity contribution in [2.24, 2.45) is 0 Å². The smallest absolute Gasteiger partial charge is 0.243 e. The first-order valence-corrected chi connectivity index (χ1v) is 11.1. The summed E-state index contributed by atoms with van der Waals surface area (Å²) in [5, 5.41) is 2.96. The van der Waals surface area contributed by atoms with Crippen LogP contribution in [-0.4, -0.2) is 43.0 Å². The van der Waals surface area contributed by atoms with Gasteiger partial charge in [-0.05, 0) is 56.9 Å². The van der Waals surface area contributed by atoms with E-state index in [2.05, 4.69) is 5.32 Å². The van der Waals surface area contributed by atoms with Crippen LogP contribution >= 0.6 is 0 Å². The largest absolute Gasteiger partial charge is 0.493 e. The van der Waals surface area contributed by atoms with Gasteiger partial charge in [-0.1, -0.05) is 42.8 Å². The Bertz CT molecular complexity index is 893. The molecule has 0 aromatic heterocycles. The number of nitrogens with one attached hydrogen (secondary N) is 1. The fourth-order valence-electron chi connectivity index (χ4n) is 3.62. The molecule has 1 atom stereocenters. The molecular formula is C26H36N2O4. The molecule has 0 bridgehead atoms. The van der Waals surface area contributed by atoms with Gasteiger partial charge in [0.15, 0.2) is 11.5 Å². The first-order valence-electron chi connectivity index (χ1n) is 11.1. The Morgan fingerprint density at radius 3 is 2.16 bits per heavy atom. The van der Waals surface area contributed by atoms with Crippen molar-refractivity contribution in [3.05, 3.63) is 59.2 Å². The lowest BCUT2D eigenvalue weighted by Crippen LogP contribution is -2.50. The monoisotopic (exact) mass is 440 g/mol. The molecule has 174 valence electrons. The maximum Gasteiger partial charge on any atom is 0.243 e. The Hall–Kier alpha value is -3.02. The van der Waals surface area contributed by atoms with Crippen LogP contribution in [0.25, 0.3) is 0 Å². The first kappa shape index (κ1) is 25.2. The van der Waals surface area contributed by atoms with Crippen LogP contribution in [0, 0.1) is 6.92 Å². The Morgan fingerprint density at radius 2 is 1.59 bits per heavy atom. The number of rotatable bonds is 11. The van der Waals surface area contributed by atoms with Crippen LogP contribution in [0.15, 0.2) is 42.5 Å². The fraction of sp³-hybridized carbons (Fsp3) is 0.462. The summed E-state index contributed by atoms with van der Waals surface area (Å²) in [5.41, 5.74) is 3.14. The van der Waals surface area contributed by atoms with Gasteiger partial charge in [0.05, 0.1) is 14.2 Å². The second-order valence-corrected chi connectivity index (χ2v) is 8.28. The lowest BCUT2D eigenvalue weighted by molar-refractivity contribution is -0.141. The number of methoxy groups -OCH3 is 2. The molecule has 0 radical (unpaired) electrons. The minimum Gasteiger partial charge on any atom is -0.493 e. The van der Waals surface area contributed by atoms with Crippen LogP contribution < -0.4 is 14.8 Å². The molecule has 6 nitrogen and oxygen atoms in total. The summed E-state index contributed by atoms with van der Waals surface area (Å²) in [7, 11) is 3.19. The number of ether oxygens (including phenoxy) is 2. The molecule has 6 heteroatoms. The number of benzene rings is 2. The van der Waals surface area contributed by atoms with E-state index in [1.54, 1.807) is 19.1 Å². The van der Waals surface area contributed by atoms with Gasteiger partial charge >= 0.3 is 0 Å². The highest BCUT2D eigenvalue weighted by Crippen LogP contribution is 2.28. The molecule has 0 saturated carbocycles. The average molecular weight is 441 g/mol. The fourth-order valence-corrected chi connectivity index (χ4v) is 3.62. The third-order valence-electron chi connectivity index (χ3n) is 5.37. The zero-order chi connectivity index (χ0) is 23.7. The van der Waals surface area contributed by atoms with E-state index < -0.39 is 6.04 Å². The molecule has 32 heavy (non-hydrogen) atoms. The van der Waals surface area contributed by atoms with E-state index in [0.29, 0.717) is 37.3 Å². The molecule has 0 saturated heterocycles. The summed E-state index contributed by atoms with van der Waals surface area (Å²) >= 11 is 0. The lowest BCUT2D eigenvalue weighted by atomic mass is 10.0. The minimum absolute atomic E-state index is 0.0136. The van der Waals surface area contributed by atoms with Gasteiger partial charge in [0, 0.05) is 19.0 Å². The minimum atomic E-state index is -0.517. The molecule has 2 amide bonds. The Labute approximate surface area is 191 Å². The van der Waals surface area contributed by atoms with Crippen molar-refractivity contribution in [3.63, 3.8) is 0 Å². The highest BCUT2D eigenvalue weighted by Gasteiger charge is 2.28. The summed E-state index contributed by atoms with van der Waals surface area (Å²) in [5.74, 6) is 1.12. The van der Waals surface area contributed by atoms with E-state index in [-0.39, 0.29) is 17.9 Å². The van der Waals surface area contributed by atoms with E-state index in [9.17, 15) is 9.59 Å². The summed E-state index contributed by atoms with van der Waals surface area (Å²) in [6.07, 6.45) is 1.39. The molecule has 2 rings (SSSR count). The van der Waals surface area contributed by atoms with Crippen LogP contribution in [0.3, 0.4) is 0 Å². The predicted molar refractivity (Wildman–Crippen MR) is 127 cm³/mol. The van der Waals surface area contributed by atoms with E-state index in [0.717, 1.165) is 16.7 Å². The summed E-state index contributed by atoms with van der Waals surface area (Å²) in [6.45, 7) is 8.21. The van der Waals surface area contributed by atoms with Gasteiger partial charge in [-0.3, -0.25) is 9.59 Å². The van der Waals surface area contributed by atoms with Gasteiger partial charge in [-0.15, -0.1) is 0 Å². The summed E-state index contributed by atoms with van der Waals surface area (Å²) in [4.78, 5) is 27.9. The standard InChI is InChI=1S/C26H36N2O4/c1-7-22(26(30)27-18(2)3)28(17-21-10-8-19(4)9-11-21)25(29)15-13-20-12-14-23(31-5)24(16-20)32-6/h8-12,14,16,18,22H,7,13,15,17H2,1-6H3,(H,27,30). The van der Waals surface area contributed by atoms with Crippen LogP contribution in [0.4, 0.5) is 0 Å². The van der Waals surface area contributed by atoms with Crippen LogP contribution in [0.5, 0.6) is 11.5 Å². The van der Waals surface area contributed by atoms with Crippen molar-refractivity contribution in [2.75, 3.05) is 14.2 Å². The summed E-state index contributed by atoms with van der Waals surface area (Å²) in [6, 6.07) is 13.2. The van der Waals surface area contributed by atoms with Crippen LogP contribution in [0.2, 0.25) is 0 Å². The van der Waals surface area contributed by atoms with Crippen molar-refractivity contribution >= 4 is 11.8 Å². The van der Waals surface area contributed by atoms with Crippen molar-refractivity contribution in [3.8, 4) is 11.5 Å². The number of nitrogens with zero attached hydrogens (tertiary/aromatic N) is 1. The van der Waals surface area contributed by atoms with E-state index >= 15 is 0 Å². The van der Waals surface area contributed by atoms with Crippen LogP contribution in [0.1, 0.15) is 50.3 Å². The molecule has 2 aromatic carbocycles. The molecule has 0 spiro atoms. The Morgan fingerprint density at radius 1 is 0.969 bits per heavy atom. The Kier molecular flexibility index (Phi) is 9.57. The number of amides is 2. The van der Waals surface area contributed by atoms with E-state index in [1.165, 1.54) is 0 Å². The second kappa shape index (κ2) is 12.1. The van der Waals surface area contributed by atoms with Gasteiger partial charge in [0.25, 0.3) is 0 Å². The van der Waals surface area contributed by atoms with Gasteiger partial charge in [-0.2, -0.15) is 0 Å². The van der Waals surface area contributed by atoms with Crippen molar-refractivity contribution in [1.82, 2.24) is 10.2 Å². The second-order valence-electron chi connectivity index (χ2n) is 8.28. The van der Waals surface area contributed by atoms with Crippen molar-refractivity contribution in [2.45, 2.75) is 65.6 Å². The number of hydrogen-bond donors (Lipinski definition) is 1. The van der Waals surface area contributed by atoms with Gasteiger partial charge in [0.1, 0.15) is 6.04 Å². The average Bonchev–Trinajstić information content (AvgIpc) is 2.77. The van der Waals surface area contributed by atoms with Crippen molar-refractivity contribution < 1.29 is 19.1 Å². The third kappa shape index (κ3) is 7.01. The quantitative estimate of drug-likeness (QED) is 0.566. The maximum absolute atomic E-state index is 13.3. The molecule has 1 unspecified atom stereocenters. The number of hydrogen-bond acceptors (Lipinski definition) is 4. The molecule has 0 fully saturated rings. The van der Waals surface area contributed by atoms with Gasteiger partial charge in [0.2, 0.25) is 11.8 Å². The number of aryl methyl sites for hydroxylation is 2. The van der Waals surface area contributed by atoms with E-state index in [4.69, 9.17) is 9.47 Å². The first-order chi connectivity index (χ1) is 15.3. The normalized spacial score (nSPS) is 11.7. The van der Waals surface area contributed by atoms with E-state index in [1.807, 2.05) is 70.2 Å². The Balaban J connectivity index is 2.22. The zero-order valence-electron chi connectivity index (χ0n) is 20.1. The zero-order valence-corrected chi connectivity index (χ0v) is 20.1. The SMILES string of the molecule is CCC(C(=O)NC(C)C)N(Cc1ccc(C)cc1)C(=O)CCc1ccc(OC)c(OC)c1. The highest BCUT2D eigenvalue weighted by atomic mass is 16.5.